The van der Waals surface area contributed by atoms with E-state index in [1.165, 1.54) is 6.42 Å². The van der Waals surface area contributed by atoms with E-state index in [2.05, 4.69) is 0 Å². The van der Waals surface area contributed by atoms with E-state index >= 15 is 0 Å². The molecule has 1 unspecified atom stereocenters. The van der Waals surface area contributed by atoms with E-state index in [1.54, 1.807) is 55.5 Å². The molecule has 0 aromatic heterocycles. The molecule has 0 bridgehead atoms. The maximum absolute atomic E-state index is 12.6. The predicted octanol–water partition coefficient (Wildman–Crippen LogP) is 5.46. The van der Waals surface area contributed by atoms with E-state index in [4.69, 9.17) is 21.1 Å². The molecule has 2 aromatic carbocycles. The summed E-state index contributed by atoms with van der Waals surface area (Å²) in [5.74, 6) is 0.309. The lowest BCUT2D eigenvalue weighted by atomic mass is 9.85. The summed E-state index contributed by atoms with van der Waals surface area (Å²) in [5.41, 5.74) is 1.08. The van der Waals surface area contributed by atoms with Crippen LogP contribution < -0.4 is 4.74 Å². The Morgan fingerprint density at radius 1 is 1.04 bits per heavy atom. The highest BCUT2D eigenvalue weighted by Gasteiger charge is 2.32. The molecule has 0 N–H and O–H groups in total. The first kappa shape index (κ1) is 20.4. The van der Waals surface area contributed by atoms with Crippen molar-refractivity contribution in [2.45, 2.75) is 45.1 Å². The van der Waals surface area contributed by atoms with E-state index in [0.717, 1.165) is 25.7 Å². The van der Waals surface area contributed by atoms with Crippen molar-refractivity contribution in [3.63, 3.8) is 0 Å². The summed E-state index contributed by atoms with van der Waals surface area (Å²) in [4.78, 5) is 25.0. The average Bonchev–Trinajstić information content (AvgIpc) is 2.72. The lowest BCUT2D eigenvalue weighted by Gasteiger charge is -2.29. The highest BCUT2D eigenvalue weighted by atomic mass is 35.5. The van der Waals surface area contributed by atoms with Gasteiger partial charge in [-0.1, -0.05) is 43.0 Å². The Labute approximate surface area is 170 Å². The third-order valence-electron chi connectivity index (χ3n) is 5.06. The van der Waals surface area contributed by atoms with Crippen molar-refractivity contribution in [2.24, 2.45) is 5.92 Å². The molecular weight excluding hydrogens is 376 g/mol. The molecule has 1 fully saturated rings. The van der Waals surface area contributed by atoms with Gasteiger partial charge in [-0.2, -0.15) is 0 Å². The Morgan fingerprint density at radius 3 is 2.39 bits per heavy atom. The van der Waals surface area contributed by atoms with Gasteiger partial charge in [0.05, 0.1) is 6.61 Å². The lowest BCUT2D eigenvalue weighted by Crippen LogP contribution is -2.37. The van der Waals surface area contributed by atoms with Gasteiger partial charge in [0.15, 0.2) is 11.9 Å². The highest BCUT2D eigenvalue weighted by Crippen LogP contribution is 2.30. The third-order valence-corrected chi connectivity index (χ3v) is 5.30. The van der Waals surface area contributed by atoms with Crippen LogP contribution in [0.25, 0.3) is 0 Å². The largest absolute Gasteiger partial charge is 0.478 e. The van der Waals surface area contributed by atoms with Crippen LogP contribution in [0.4, 0.5) is 0 Å². The molecule has 0 aliphatic heterocycles. The SMILES string of the molecule is CCOC(=O)C(Oc1ccc(C(=O)c2cccc(Cl)c2)cc1)C1CCCCC1. The number of hydrogen-bond donors (Lipinski definition) is 0. The summed E-state index contributed by atoms with van der Waals surface area (Å²) in [6, 6.07) is 13.7. The maximum Gasteiger partial charge on any atom is 0.347 e. The molecule has 0 radical (unpaired) electrons. The van der Waals surface area contributed by atoms with Gasteiger partial charge < -0.3 is 9.47 Å². The van der Waals surface area contributed by atoms with Gasteiger partial charge in [0.1, 0.15) is 5.75 Å². The van der Waals surface area contributed by atoms with Crippen LogP contribution >= 0.6 is 11.6 Å². The quantitative estimate of drug-likeness (QED) is 0.457. The molecule has 28 heavy (non-hydrogen) atoms. The first-order chi connectivity index (χ1) is 13.6. The Bertz CT molecular complexity index is 810. The van der Waals surface area contributed by atoms with Gasteiger partial charge in [-0.3, -0.25) is 4.79 Å². The predicted molar refractivity (Wildman–Crippen MR) is 109 cm³/mol. The van der Waals surface area contributed by atoms with Crippen molar-refractivity contribution < 1.29 is 19.1 Å². The van der Waals surface area contributed by atoms with Crippen LogP contribution in [-0.2, 0) is 9.53 Å². The minimum absolute atomic E-state index is 0.108. The number of benzene rings is 2. The summed E-state index contributed by atoms with van der Waals surface area (Å²) in [5, 5.41) is 0.524. The summed E-state index contributed by atoms with van der Waals surface area (Å²) in [7, 11) is 0. The van der Waals surface area contributed by atoms with E-state index in [0.29, 0.717) is 28.5 Å². The summed E-state index contributed by atoms with van der Waals surface area (Å²) in [6.45, 7) is 2.13. The molecular formula is C23H25ClO4. The number of carbonyl (C=O) groups is 2. The molecule has 5 heteroatoms. The topological polar surface area (TPSA) is 52.6 Å². The summed E-state index contributed by atoms with van der Waals surface area (Å²) < 4.78 is 11.3. The zero-order valence-electron chi connectivity index (χ0n) is 16.0. The van der Waals surface area contributed by atoms with Crippen molar-refractivity contribution in [3.8, 4) is 5.75 Å². The minimum Gasteiger partial charge on any atom is -0.478 e. The fourth-order valence-electron chi connectivity index (χ4n) is 3.63. The first-order valence-corrected chi connectivity index (χ1v) is 10.2. The van der Waals surface area contributed by atoms with Crippen LogP contribution in [-0.4, -0.2) is 24.5 Å². The van der Waals surface area contributed by atoms with Crippen LogP contribution in [0.1, 0.15) is 54.9 Å². The van der Waals surface area contributed by atoms with E-state index < -0.39 is 6.10 Å². The van der Waals surface area contributed by atoms with Crippen molar-refractivity contribution in [1.29, 1.82) is 0 Å². The smallest absolute Gasteiger partial charge is 0.347 e. The van der Waals surface area contributed by atoms with Crippen molar-refractivity contribution in [1.82, 2.24) is 0 Å². The number of esters is 1. The second kappa shape index (κ2) is 9.74. The highest BCUT2D eigenvalue weighted by molar-refractivity contribution is 6.31. The van der Waals surface area contributed by atoms with E-state index in [-0.39, 0.29) is 17.7 Å². The average molecular weight is 401 g/mol. The summed E-state index contributed by atoms with van der Waals surface area (Å²) in [6.07, 6.45) is 4.75. The normalized spacial score (nSPS) is 15.6. The van der Waals surface area contributed by atoms with Crippen LogP contribution in [0.15, 0.2) is 48.5 Å². The van der Waals surface area contributed by atoms with Gasteiger partial charge in [-0.05, 0) is 56.2 Å². The minimum atomic E-state index is -0.602. The zero-order chi connectivity index (χ0) is 19.9. The molecule has 1 aliphatic carbocycles. The Kier molecular flexibility index (Phi) is 7.10. The molecule has 1 atom stereocenters. The van der Waals surface area contributed by atoms with Gasteiger partial charge in [0.2, 0.25) is 0 Å². The van der Waals surface area contributed by atoms with Crippen LogP contribution in [0, 0.1) is 5.92 Å². The van der Waals surface area contributed by atoms with E-state index in [9.17, 15) is 9.59 Å². The Balaban J connectivity index is 1.73. The molecule has 4 nitrogen and oxygen atoms in total. The second-order valence-electron chi connectivity index (χ2n) is 7.05. The number of ether oxygens (including phenoxy) is 2. The van der Waals surface area contributed by atoms with Crippen LogP contribution in [0.5, 0.6) is 5.75 Å². The molecule has 0 spiro atoms. The molecule has 148 valence electrons. The lowest BCUT2D eigenvalue weighted by molar-refractivity contribution is -0.154. The molecule has 3 rings (SSSR count). The number of carbonyl (C=O) groups excluding carboxylic acids is 2. The number of rotatable bonds is 7. The number of halogens is 1. The van der Waals surface area contributed by atoms with Gasteiger partial charge in [0, 0.05) is 22.1 Å². The number of ketones is 1. The first-order valence-electron chi connectivity index (χ1n) is 9.82. The van der Waals surface area contributed by atoms with E-state index in [1.807, 2.05) is 0 Å². The molecule has 0 saturated heterocycles. The Hall–Kier alpha value is -2.33. The standard InChI is InChI=1S/C23H25ClO4/c1-2-27-23(26)22(17-7-4-3-5-8-17)28-20-13-11-16(12-14-20)21(25)18-9-6-10-19(24)15-18/h6,9-15,17,22H,2-5,7-8H2,1H3. The van der Waals surface area contributed by atoms with Gasteiger partial charge in [-0.15, -0.1) is 0 Å². The van der Waals surface area contributed by atoms with Gasteiger partial charge >= 0.3 is 5.97 Å². The molecule has 1 aliphatic rings. The molecule has 1 saturated carbocycles. The zero-order valence-corrected chi connectivity index (χ0v) is 16.8. The third kappa shape index (κ3) is 5.14. The maximum atomic E-state index is 12.6. The van der Waals surface area contributed by atoms with Gasteiger partial charge in [-0.25, -0.2) is 4.79 Å². The fourth-order valence-corrected chi connectivity index (χ4v) is 3.82. The van der Waals surface area contributed by atoms with Crippen LogP contribution in [0.2, 0.25) is 5.02 Å². The monoisotopic (exact) mass is 400 g/mol. The fraction of sp³-hybridized carbons (Fsp3) is 0.391. The van der Waals surface area contributed by atoms with Gasteiger partial charge in [0.25, 0.3) is 0 Å². The van der Waals surface area contributed by atoms with Crippen molar-refractivity contribution in [2.75, 3.05) is 6.61 Å². The Morgan fingerprint density at radius 2 is 1.75 bits per heavy atom. The summed E-state index contributed by atoms with van der Waals surface area (Å²) >= 11 is 5.97. The second-order valence-corrected chi connectivity index (χ2v) is 7.49. The van der Waals surface area contributed by atoms with Crippen molar-refractivity contribution in [3.05, 3.63) is 64.7 Å². The molecule has 0 heterocycles. The van der Waals surface area contributed by atoms with Crippen LogP contribution in [0.3, 0.4) is 0 Å². The number of hydrogen-bond acceptors (Lipinski definition) is 4. The molecule has 0 amide bonds. The van der Waals surface area contributed by atoms with Crippen molar-refractivity contribution >= 4 is 23.4 Å². The molecule has 2 aromatic rings.